The van der Waals surface area contributed by atoms with Crippen molar-refractivity contribution >= 4 is 17.2 Å². The molecule has 5 nitrogen and oxygen atoms in total. The number of nitrogens with one attached hydrogen (secondary N) is 1. The average Bonchev–Trinajstić information content (AvgIpc) is 3.22. The number of ether oxygens (including phenoxy) is 1. The molecule has 1 aromatic carbocycles. The number of halogens is 1. The van der Waals surface area contributed by atoms with Gasteiger partial charge in [0.2, 0.25) is 5.91 Å². The first kappa shape index (κ1) is 20.4. The number of carbonyl (C=O) groups is 1. The minimum absolute atomic E-state index is 0.000648. The Morgan fingerprint density at radius 3 is 2.79 bits per heavy atom. The Balaban J connectivity index is 1.36. The lowest BCUT2D eigenvalue weighted by atomic mass is 9.79. The molecule has 2 aromatic rings. The zero-order valence-electron chi connectivity index (χ0n) is 16.7. The molecule has 1 amide bonds. The van der Waals surface area contributed by atoms with Crippen LogP contribution in [0.1, 0.15) is 37.8 Å². The minimum Gasteiger partial charge on any atom is -0.379 e. The Bertz CT molecular complexity index is 829. The van der Waals surface area contributed by atoms with Crippen molar-refractivity contribution in [3.63, 3.8) is 0 Å². The summed E-state index contributed by atoms with van der Waals surface area (Å²) in [5, 5.41) is 5.81. The first-order valence-corrected chi connectivity index (χ1v) is 11.3. The lowest BCUT2D eigenvalue weighted by Crippen LogP contribution is -2.59. The van der Waals surface area contributed by atoms with E-state index in [-0.39, 0.29) is 23.7 Å². The van der Waals surface area contributed by atoms with Crippen LogP contribution in [0.3, 0.4) is 0 Å². The van der Waals surface area contributed by atoms with Crippen molar-refractivity contribution in [2.75, 3.05) is 32.8 Å². The van der Waals surface area contributed by atoms with Crippen molar-refractivity contribution in [2.45, 2.75) is 44.1 Å². The number of rotatable bonds is 6. The number of hydrogen-bond donors (Lipinski definition) is 1. The predicted molar refractivity (Wildman–Crippen MR) is 112 cm³/mol. The van der Waals surface area contributed by atoms with E-state index >= 15 is 0 Å². The highest BCUT2D eigenvalue weighted by molar-refractivity contribution is 7.13. The lowest BCUT2D eigenvalue weighted by Gasteiger charge is -2.48. The highest BCUT2D eigenvalue weighted by atomic mass is 32.1. The van der Waals surface area contributed by atoms with Crippen LogP contribution in [0.25, 0.3) is 10.6 Å². The summed E-state index contributed by atoms with van der Waals surface area (Å²) in [6.45, 7) is 4.12. The van der Waals surface area contributed by atoms with Crippen LogP contribution in [0.15, 0.2) is 29.6 Å². The van der Waals surface area contributed by atoms with E-state index in [4.69, 9.17) is 4.74 Å². The minimum atomic E-state index is -0.280. The van der Waals surface area contributed by atoms with Gasteiger partial charge in [0, 0.05) is 36.1 Å². The van der Waals surface area contributed by atoms with Gasteiger partial charge in [-0.2, -0.15) is 0 Å². The first-order valence-electron chi connectivity index (χ1n) is 10.4. The molecule has 4 rings (SSSR count). The van der Waals surface area contributed by atoms with Gasteiger partial charge in [-0.25, -0.2) is 9.37 Å². The number of aromatic nitrogens is 1. The van der Waals surface area contributed by atoms with Crippen LogP contribution in [-0.4, -0.2) is 54.2 Å². The molecule has 0 atom stereocenters. The SMILES string of the molecule is O=C(Cc1csc(-c2cccc(F)c2)n1)NCC1(N2CCOCC2)CCCCC1. The van der Waals surface area contributed by atoms with Crippen molar-refractivity contribution in [1.29, 1.82) is 0 Å². The Labute approximate surface area is 175 Å². The van der Waals surface area contributed by atoms with E-state index in [1.165, 1.54) is 42.7 Å². The quantitative estimate of drug-likeness (QED) is 0.780. The van der Waals surface area contributed by atoms with E-state index < -0.39 is 0 Å². The molecule has 1 aliphatic heterocycles. The number of thiazole rings is 1. The van der Waals surface area contributed by atoms with Gasteiger partial charge in [-0.15, -0.1) is 11.3 Å². The third-order valence-electron chi connectivity index (χ3n) is 6.05. The molecule has 1 aliphatic carbocycles. The van der Waals surface area contributed by atoms with Gasteiger partial charge in [-0.05, 0) is 25.0 Å². The lowest BCUT2D eigenvalue weighted by molar-refractivity contribution is -0.121. The Morgan fingerprint density at radius 1 is 1.24 bits per heavy atom. The van der Waals surface area contributed by atoms with Crippen LogP contribution in [0, 0.1) is 5.82 Å². The second-order valence-corrected chi connectivity index (χ2v) is 8.85. The van der Waals surface area contributed by atoms with Crippen LogP contribution in [0.4, 0.5) is 4.39 Å². The molecule has 29 heavy (non-hydrogen) atoms. The van der Waals surface area contributed by atoms with E-state index in [0.717, 1.165) is 55.4 Å². The number of nitrogens with zero attached hydrogens (tertiary/aromatic N) is 2. The zero-order chi connectivity index (χ0) is 20.1. The van der Waals surface area contributed by atoms with E-state index in [2.05, 4.69) is 15.2 Å². The van der Waals surface area contributed by atoms with Gasteiger partial charge >= 0.3 is 0 Å². The number of carbonyl (C=O) groups excluding carboxylic acids is 1. The monoisotopic (exact) mass is 417 g/mol. The maximum atomic E-state index is 13.4. The molecule has 1 N–H and O–H groups in total. The highest BCUT2D eigenvalue weighted by Crippen LogP contribution is 2.34. The molecular formula is C22H28FN3O2S. The number of amides is 1. The maximum Gasteiger partial charge on any atom is 0.226 e. The Hall–Kier alpha value is -1.83. The smallest absolute Gasteiger partial charge is 0.226 e. The third-order valence-corrected chi connectivity index (χ3v) is 6.99. The van der Waals surface area contributed by atoms with Crippen LogP contribution < -0.4 is 5.32 Å². The molecule has 0 radical (unpaired) electrons. The van der Waals surface area contributed by atoms with E-state index in [1.54, 1.807) is 6.07 Å². The van der Waals surface area contributed by atoms with E-state index in [0.29, 0.717) is 6.54 Å². The summed E-state index contributed by atoms with van der Waals surface area (Å²) in [4.78, 5) is 19.7. The standard InChI is InChI=1S/C22H28FN3O2S/c23-18-6-4-5-17(13-18)21-25-19(15-29-21)14-20(27)24-16-22(7-2-1-3-8-22)26-9-11-28-12-10-26/h4-6,13,15H,1-3,7-12,14,16H2,(H,24,27). The highest BCUT2D eigenvalue weighted by Gasteiger charge is 2.38. The molecule has 1 saturated heterocycles. The molecule has 2 fully saturated rings. The average molecular weight is 418 g/mol. The first-order chi connectivity index (χ1) is 14.1. The number of hydrogen-bond acceptors (Lipinski definition) is 5. The molecule has 2 aliphatic rings. The molecule has 156 valence electrons. The van der Waals surface area contributed by atoms with E-state index in [9.17, 15) is 9.18 Å². The summed E-state index contributed by atoms with van der Waals surface area (Å²) in [6.07, 6.45) is 6.24. The molecule has 1 saturated carbocycles. The van der Waals surface area contributed by atoms with Crippen molar-refractivity contribution in [1.82, 2.24) is 15.2 Å². The fraction of sp³-hybridized carbons (Fsp3) is 0.545. The van der Waals surface area contributed by atoms with Gasteiger partial charge in [0.25, 0.3) is 0 Å². The van der Waals surface area contributed by atoms with Gasteiger partial charge < -0.3 is 10.1 Å². The van der Waals surface area contributed by atoms with Crippen LogP contribution in [-0.2, 0) is 16.0 Å². The van der Waals surface area contributed by atoms with Crippen LogP contribution in [0.2, 0.25) is 0 Å². The maximum absolute atomic E-state index is 13.4. The van der Waals surface area contributed by atoms with Gasteiger partial charge in [0.05, 0.1) is 25.3 Å². The predicted octanol–water partition coefficient (Wildman–Crippen LogP) is 3.64. The largest absolute Gasteiger partial charge is 0.379 e. The molecular weight excluding hydrogens is 389 g/mol. The van der Waals surface area contributed by atoms with Crippen molar-refractivity contribution in [3.8, 4) is 10.6 Å². The number of morpholine rings is 1. The summed E-state index contributed by atoms with van der Waals surface area (Å²) in [6, 6.07) is 6.40. The van der Waals surface area contributed by atoms with E-state index in [1.807, 2.05) is 11.4 Å². The molecule has 2 heterocycles. The Kier molecular flexibility index (Phi) is 6.57. The molecule has 0 spiro atoms. The van der Waals surface area contributed by atoms with Gasteiger partial charge in [-0.3, -0.25) is 9.69 Å². The summed E-state index contributed by atoms with van der Waals surface area (Å²) in [5.74, 6) is -0.280. The van der Waals surface area contributed by atoms with Crippen molar-refractivity contribution < 1.29 is 13.9 Å². The summed E-state index contributed by atoms with van der Waals surface area (Å²) >= 11 is 1.44. The second kappa shape index (κ2) is 9.32. The summed E-state index contributed by atoms with van der Waals surface area (Å²) in [7, 11) is 0. The van der Waals surface area contributed by atoms with Crippen molar-refractivity contribution in [2.24, 2.45) is 0 Å². The van der Waals surface area contributed by atoms with Crippen LogP contribution >= 0.6 is 11.3 Å². The Morgan fingerprint density at radius 2 is 2.03 bits per heavy atom. The topological polar surface area (TPSA) is 54.5 Å². The summed E-state index contributed by atoms with van der Waals surface area (Å²) < 4.78 is 19.0. The fourth-order valence-corrected chi connectivity index (χ4v) is 5.30. The number of benzene rings is 1. The van der Waals surface area contributed by atoms with Gasteiger partial charge in [-0.1, -0.05) is 31.4 Å². The van der Waals surface area contributed by atoms with Gasteiger partial charge in [0.1, 0.15) is 10.8 Å². The van der Waals surface area contributed by atoms with Crippen LogP contribution in [0.5, 0.6) is 0 Å². The van der Waals surface area contributed by atoms with Crippen molar-refractivity contribution in [3.05, 3.63) is 41.2 Å². The molecule has 0 bridgehead atoms. The zero-order valence-corrected chi connectivity index (χ0v) is 17.5. The summed E-state index contributed by atoms with van der Waals surface area (Å²) in [5.41, 5.74) is 1.54. The molecule has 0 unspecified atom stereocenters. The molecule has 1 aromatic heterocycles. The third kappa shape index (κ3) is 5.02. The fourth-order valence-electron chi connectivity index (χ4n) is 4.48. The van der Waals surface area contributed by atoms with Gasteiger partial charge in [0.15, 0.2) is 0 Å². The molecule has 7 heteroatoms. The second-order valence-electron chi connectivity index (χ2n) is 7.99. The normalized spacial score (nSPS) is 19.8.